The smallest absolute Gasteiger partial charge is 0.253 e. The number of fused-ring (bicyclic) bond motifs is 2. The quantitative estimate of drug-likeness (QED) is 0.834. The molecule has 108 valence electrons. The van der Waals surface area contributed by atoms with E-state index in [1.165, 1.54) is 6.42 Å². The van der Waals surface area contributed by atoms with Crippen molar-refractivity contribution in [2.75, 3.05) is 38.5 Å². The van der Waals surface area contributed by atoms with Gasteiger partial charge >= 0.3 is 0 Å². The van der Waals surface area contributed by atoms with Crippen LogP contribution in [-0.2, 0) is 0 Å². The zero-order valence-electron chi connectivity index (χ0n) is 12.1. The standard InChI is InChI=1S/C16H23N3O/c1-2-18-8-12-7-13(9-18)11-19(10-12)16(20)14-3-5-15(17)6-4-14/h3-6,12-13H,2,7-11,17H2,1H3/t12-,13+. The van der Waals surface area contributed by atoms with Crippen LogP contribution in [0.25, 0.3) is 0 Å². The van der Waals surface area contributed by atoms with Crippen LogP contribution in [0.3, 0.4) is 0 Å². The van der Waals surface area contributed by atoms with Crippen LogP contribution in [0.1, 0.15) is 23.7 Å². The second-order valence-electron chi connectivity index (χ2n) is 6.15. The summed E-state index contributed by atoms with van der Waals surface area (Å²) in [5, 5.41) is 0. The average Bonchev–Trinajstić information content (AvgIpc) is 2.46. The number of nitrogens with zero attached hydrogens (tertiary/aromatic N) is 2. The number of nitrogens with two attached hydrogens (primary N) is 1. The van der Waals surface area contributed by atoms with Crippen LogP contribution in [0.4, 0.5) is 5.69 Å². The average molecular weight is 273 g/mol. The molecule has 2 bridgehead atoms. The van der Waals surface area contributed by atoms with E-state index >= 15 is 0 Å². The molecule has 2 heterocycles. The van der Waals surface area contributed by atoms with Gasteiger partial charge in [-0.25, -0.2) is 0 Å². The lowest BCUT2D eigenvalue weighted by Crippen LogP contribution is -2.53. The Morgan fingerprint density at radius 3 is 2.30 bits per heavy atom. The summed E-state index contributed by atoms with van der Waals surface area (Å²) < 4.78 is 0. The monoisotopic (exact) mass is 273 g/mol. The van der Waals surface area contributed by atoms with Crippen molar-refractivity contribution >= 4 is 11.6 Å². The summed E-state index contributed by atoms with van der Waals surface area (Å²) in [7, 11) is 0. The highest BCUT2D eigenvalue weighted by Gasteiger charge is 2.35. The van der Waals surface area contributed by atoms with Gasteiger partial charge in [-0.3, -0.25) is 4.79 Å². The van der Waals surface area contributed by atoms with Gasteiger partial charge in [0.15, 0.2) is 0 Å². The number of hydrogen-bond donors (Lipinski definition) is 1. The van der Waals surface area contributed by atoms with Crippen molar-refractivity contribution in [1.29, 1.82) is 0 Å². The van der Waals surface area contributed by atoms with E-state index in [1.54, 1.807) is 12.1 Å². The molecule has 0 aromatic heterocycles. The van der Waals surface area contributed by atoms with Gasteiger partial charge in [-0.1, -0.05) is 6.92 Å². The molecule has 0 unspecified atom stereocenters. The molecule has 2 aliphatic heterocycles. The number of carbonyl (C=O) groups is 1. The molecule has 4 nitrogen and oxygen atoms in total. The fourth-order valence-corrected chi connectivity index (χ4v) is 3.62. The van der Waals surface area contributed by atoms with Gasteiger partial charge in [0.25, 0.3) is 5.91 Å². The lowest BCUT2D eigenvalue weighted by Gasteiger charge is -2.45. The van der Waals surface area contributed by atoms with Gasteiger partial charge in [-0.2, -0.15) is 0 Å². The minimum absolute atomic E-state index is 0.157. The summed E-state index contributed by atoms with van der Waals surface area (Å²) in [5.74, 6) is 1.44. The molecule has 3 rings (SSSR count). The Morgan fingerprint density at radius 1 is 1.15 bits per heavy atom. The van der Waals surface area contributed by atoms with Crippen LogP contribution in [-0.4, -0.2) is 48.4 Å². The maximum atomic E-state index is 12.6. The highest BCUT2D eigenvalue weighted by atomic mass is 16.2. The van der Waals surface area contributed by atoms with E-state index in [1.807, 2.05) is 17.0 Å². The molecule has 20 heavy (non-hydrogen) atoms. The number of amides is 1. The molecule has 0 aliphatic carbocycles. The predicted octanol–water partition coefficient (Wildman–Crippen LogP) is 1.68. The van der Waals surface area contributed by atoms with Gasteiger partial charge in [-0.05, 0) is 49.1 Å². The van der Waals surface area contributed by atoms with Crippen molar-refractivity contribution in [3.05, 3.63) is 29.8 Å². The summed E-state index contributed by atoms with van der Waals surface area (Å²) >= 11 is 0. The van der Waals surface area contributed by atoms with Crippen LogP contribution >= 0.6 is 0 Å². The van der Waals surface area contributed by atoms with E-state index in [-0.39, 0.29) is 5.91 Å². The number of piperidine rings is 2. The van der Waals surface area contributed by atoms with E-state index in [4.69, 9.17) is 5.73 Å². The van der Waals surface area contributed by atoms with E-state index in [0.29, 0.717) is 17.5 Å². The second kappa shape index (κ2) is 5.44. The minimum Gasteiger partial charge on any atom is -0.399 e. The molecule has 2 saturated heterocycles. The molecule has 1 aromatic rings. The van der Waals surface area contributed by atoms with Crippen LogP contribution in [0.15, 0.2) is 24.3 Å². The zero-order chi connectivity index (χ0) is 14.1. The molecule has 2 aliphatic rings. The maximum Gasteiger partial charge on any atom is 0.253 e. The highest BCUT2D eigenvalue weighted by molar-refractivity contribution is 5.94. The number of anilines is 1. The van der Waals surface area contributed by atoms with E-state index < -0.39 is 0 Å². The van der Waals surface area contributed by atoms with Gasteiger partial charge in [0, 0.05) is 37.4 Å². The predicted molar refractivity (Wildman–Crippen MR) is 80.5 cm³/mol. The van der Waals surface area contributed by atoms with Gasteiger partial charge in [0.1, 0.15) is 0 Å². The Labute approximate surface area is 120 Å². The second-order valence-corrected chi connectivity index (χ2v) is 6.15. The lowest BCUT2D eigenvalue weighted by atomic mass is 9.84. The van der Waals surface area contributed by atoms with Gasteiger partial charge in [-0.15, -0.1) is 0 Å². The Hall–Kier alpha value is -1.55. The van der Waals surface area contributed by atoms with E-state index in [2.05, 4.69) is 11.8 Å². The van der Waals surface area contributed by atoms with Gasteiger partial charge in [0.2, 0.25) is 0 Å². The number of benzene rings is 1. The SMILES string of the molecule is CCN1C[C@H]2C[C@@H](C1)CN(C(=O)c1ccc(N)cc1)C2. The number of likely N-dealkylation sites (tertiary alicyclic amines) is 2. The Kier molecular flexibility index (Phi) is 3.66. The zero-order valence-corrected chi connectivity index (χ0v) is 12.1. The number of carbonyl (C=O) groups excluding carboxylic acids is 1. The molecule has 0 saturated carbocycles. The molecular weight excluding hydrogens is 250 g/mol. The molecule has 2 atom stereocenters. The van der Waals surface area contributed by atoms with Crippen LogP contribution in [0.2, 0.25) is 0 Å². The third-order valence-electron chi connectivity index (χ3n) is 4.55. The first-order chi connectivity index (χ1) is 9.65. The third-order valence-corrected chi connectivity index (χ3v) is 4.55. The molecule has 0 radical (unpaired) electrons. The topological polar surface area (TPSA) is 49.6 Å². The van der Waals surface area contributed by atoms with Gasteiger partial charge < -0.3 is 15.5 Å². The first kappa shape index (κ1) is 13.4. The molecule has 2 N–H and O–H groups in total. The molecule has 1 amide bonds. The van der Waals surface area contributed by atoms with Crippen molar-refractivity contribution in [1.82, 2.24) is 9.80 Å². The Morgan fingerprint density at radius 2 is 1.75 bits per heavy atom. The largest absolute Gasteiger partial charge is 0.399 e. The molecule has 1 aromatic carbocycles. The minimum atomic E-state index is 0.157. The molecule has 0 spiro atoms. The van der Waals surface area contributed by atoms with Gasteiger partial charge in [0.05, 0.1) is 0 Å². The summed E-state index contributed by atoms with van der Waals surface area (Å²) in [5.41, 5.74) is 7.14. The van der Waals surface area contributed by atoms with Crippen molar-refractivity contribution in [3.8, 4) is 0 Å². The summed E-state index contributed by atoms with van der Waals surface area (Å²) in [4.78, 5) is 17.1. The van der Waals surface area contributed by atoms with Crippen molar-refractivity contribution in [2.24, 2.45) is 11.8 Å². The summed E-state index contributed by atoms with van der Waals surface area (Å²) in [6, 6.07) is 7.27. The highest BCUT2D eigenvalue weighted by Crippen LogP contribution is 2.29. The van der Waals surface area contributed by atoms with Crippen LogP contribution in [0.5, 0.6) is 0 Å². The van der Waals surface area contributed by atoms with Crippen molar-refractivity contribution in [2.45, 2.75) is 13.3 Å². The number of rotatable bonds is 2. The number of hydrogen-bond acceptors (Lipinski definition) is 3. The van der Waals surface area contributed by atoms with Crippen LogP contribution < -0.4 is 5.73 Å². The fraction of sp³-hybridized carbons (Fsp3) is 0.562. The first-order valence-electron chi connectivity index (χ1n) is 7.53. The first-order valence-corrected chi connectivity index (χ1v) is 7.53. The normalized spacial score (nSPS) is 26.6. The molecular formula is C16H23N3O. The number of nitrogen functional groups attached to an aromatic ring is 1. The lowest BCUT2D eigenvalue weighted by molar-refractivity contribution is 0.0278. The third kappa shape index (κ3) is 2.66. The van der Waals surface area contributed by atoms with Crippen molar-refractivity contribution < 1.29 is 4.79 Å². The van der Waals surface area contributed by atoms with E-state index in [9.17, 15) is 4.79 Å². The van der Waals surface area contributed by atoms with Crippen LogP contribution in [0, 0.1) is 11.8 Å². The maximum absolute atomic E-state index is 12.6. The molecule has 4 heteroatoms. The molecule has 2 fully saturated rings. The van der Waals surface area contributed by atoms with Crippen molar-refractivity contribution in [3.63, 3.8) is 0 Å². The summed E-state index contributed by atoms with van der Waals surface area (Å²) in [6.45, 7) is 7.42. The Balaban J connectivity index is 1.70. The Bertz CT molecular complexity index is 471. The fourth-order valence-electron chi connectivity index (χ4n) is 3.62. The van der Waals surface area contributed by atoms with E-state index in [0.717, 1.165) is 38.3 Å². The summed E-state index contributed by atoms with van der Waals surface area (Å²) in [6.07, 6.45) is 1.28.